The van der Waals surface area contributed by atoms with E-state index in [-0.39, 0.29) is 84.6 Å². The van der Waals surface area contributed by atoms with Crippen molar-refractivity contribution >= 4 is 44.8 Å². The first-order chi connectivity index (χ1) is 53.9. The third-order valence-corrected chi connectivity index (χ3v) is 14.9. The lowest BCUT2D eigenvalue weighted by Crippen LogP contribution is -2.22. The summed E-state index contributed by atoms with van der Waals surface area (Å²) in [6, 6.07) is 7.48. The number of ketones is 1. The highest BCUT2D eigenvalue weighted by Crippen LogP contribution is 2.33. The Hall–Kier alpha value is -12.6. The molecule has 0 fully saturated rings. The number of oxazole rings is 2. The van der Waals surface area contributed by atoms with Gasteiger partial charge in [-0.2, -0.15) is 38.8 Å². The van der Waals surface area contributed by atoms with Crippen molar-refractivity contribution in [1.82, 2.24) is 139 Å². The molecule has 0 bridgehead atoms. The van der Waals surface area contributed by atoms with Crippen molar-refractivity contribution in [1.29, 1.82) is 0 Å². The lowest BCUT2D eigenvalue weighted by Gasteiger charge is -2.13. The van der Waals surface area contributed by atoms with Crippen LogP contribution in [0, 0.1) is 49.4 Å². The molecule has 114 heavy (non-hydrogen) atoms. The first-order valence-electron chi connectivity index (χ1n) is 35.9. The summed E-state index contributed by atoms with van der Waals surface area (Å²) in [5, 5.41) is 64.9. The fourth-order valence-corrected chi connectivity index (χ4v) is 9.90. The number of nitrogens with one attached hydrogen (secondary N) is 1. The number of Topliss-reactive ketones (excluding diaryl/α,β-unsaturated/α-hetero) is 1. The predicted molar refractivity (Wildman–Crippen MR) is 426 cm³/mol. The minimum atomic E-state index is -3.22. The summed E-state index contributed by atoms with van der Waals surface area (Å²) in [5.74, 6) is 1.46. The number of rotatable bonds is 22. The van der Waals surface area contributed by atoms with Crippen molar-refractivity contribution in [3.05, 3.63) is 171 Å². The van der Waals surface area contributed by atoms with Crippen LogP contribution in [0.1, 0.15) is 129 Å². The van der Waals surface area contributed by atoms with Crippen LogP contribution in [-0.2, 0) is 47.0 Å². The highest BCUT2D eigenvalue weighted by Gasteiger charge is 2.25. The van der Waals surface area contributed by atoms with Crippen molar-refractivity contribution < 1.29 is 41.2 Å². The van der Waals surface area contributed by atoms with Gasteiger partial charge in [0.15, 0.2) is 34.5 Å². The molecular weight excluding hydrogens is 1490 g/mol. The van der Waals surface area contributed by atoms with Gasteiger partial charge >= 0.3 is 5.97 Å². The molecule has 0 saturated heterocycles. The zero-order chi connectivity index (χ0) is 82.6. The second kappa shape index (κ2) is 46.9. The van der Waals surface area contributed by atoms with Crippen LogP contribution in [0.2, 0.25) is 0 Å². The van der Waals surface area contributed by atoms with Crippen molar-refractivity contribution in [2.75, 3.05) is 30.9 Å². The number of aliphatic hydroxyl groups excluding tert-OH is 1. The third-order valence-electron chi connectivity index (χ3n) is 14.3. The number of aromatic amines is 1. The van der Waals surface area contributed by atoms with Crippen LogP contribution in [0.4, 0.5) is 11.6 Å². The molecule has 0 aliphatic heterocycles. The zero-order valence-electron chi connectivity index (χ0n) is 66.0. The first kappa shape index (κ1) is 92.0. The number of nitrogen functional groups attached to an aromatic ring is 2. The molecule has 0 saturated carbocycles. The SMILES string of the molecule is C.CC(C)CO.CC(C)COS(C)(=O)=O.CC(C)Cn1ccnn1.CC(C)Cn1ccnn1.CC(C)Cn1nccn1.C[C@H](N)Cn1ccnn1.Cc1cnc2ccc(-c3nc(C(=O)C[C@@H](C)Cn4ccnn4)c(N)nc3-c3ncco3)cn12.Cc1cnc2ccc(-c3nc(C(=O)O)c(N)nc3-c3ncco3)cn12.c1cn[nH]n1. The van der Waals surface area contributed by atoms with E-state index in [4.69, 9.17) is 31.1 Å². The summed E-state index contributed by atoms with van der Waals surface area (Å²) in [4.78, 5) is 60.6. The monoisotopic (exact) mass is 1590 g/mol. The smallest absolute Gasteiger partial charge is 0.358 e. The Morgan fingerprint density at radius 3 is 1.27 bits per heavy atom. The number of H-pyrrole nitrogens is 1. The van der Waals surface area contributed by atoms with Gasteiger partial charge in [-0.05, 0) is 80.5 Å². The van der Waals surface area contributed by atoms with Gasteiger partial charge in [0.25, 0.3) is 10.1 Å². The van der Waals surface area contributed by atoms with Gasteiger partial charge in [0.05, 0.1) is 87.9 Å². The number of carboxylic acids is 1. The van der Waals surface area contributed by atoms with Gasteiger partial charge in [-0.1, -0.05) is 104 Å². The summed E-state index contributed by atoms with van der Waals surface area (Å²) in [6.45, 7) is 33.1. The van der Waals surface area contributed by atoms with E-state index >= 15 is 0 Å². The van der Waals surface area contributed by atoms with Crippen LogP contribution in [-0.4, -0.2) is 195 Å². The quantitative estimate of drug-likeness (QED) is 0.0272. The molecule has 14 aromatic heterocycles. The van der Waals surface area contributed by atoms with E-state index in [0.29, 0.717) is 59.5 Å². The second-order valence-corrected chi connectivity index (χ2v) is 29.1. The molecule has 40 nitrogen and oxygen atoms in total. The lowest BCUT2D eigenvalue weighted by atomic mass is 10.0. The van der Waals surface area contributed by atoms with Crippen LogP contribution < -0.4 is 17.2 Å². The number of fused-ring (bicyclic) bond motifs is 2. The number of nitrogens with zero attached hydrogens (tertiary/aromatic N) is 27. The van der Waals surface area contributed by atoms with Crippen molar-refractivity contribution in [3.8, 4) is 45.7 Å². The number of aromatic nitrogens is 28. The number of aromatic carboxylic acids is 1. The number of hydrogen-bond acceptors (Lipinski definition) is 31. The highest BCUT2D eigenvalue weighted by molar-refractivity contribution is 7.86. The topological polar surface area (TPSA) is 529 Å². The average molecular weight is 1590 g/mol. The predicted octanol–water partition coefficient (Wildman–Crippen LogP) is 8.99. The number of carboxylic acid groups (broad SMARTS) is 1. The molecule has 0 aromatic carbocycles. The molecular formula is C73H105N31O9S. The Bertz CT molecular complexity index is 4870. The number of aliphatic hydroxyl groups is 1. The Morgan fingerprint density at radius 1 is 0.526 bits per heavy atom. The maximum absolute atomic E-state index is 13.1. The van der Waals surface area contributed by atoms with Crippen molar-refractivity contribution in [3.63, 3.8) is 0 Å². The van der Waals surface area contributed by atoms with E-state index in [1.807, 2.05) is 104 Å². The summed E-state index contributed by atoms with van der Waals surface area (Å²) in [5.41, 5.74) is 23.4. The van der Waals surface area contributed by atoms with Crippen LogP contribution >= 0.6 is 0 Å². The second-order valence-electron chi connectivity index (χ2n) is 27.5. The molecule has 0 spiro atoms. The normalized spacial score (nSPS) is 11.3. The molecule has 14 heterocycles. The van der Waals surface area contributed by atoms with E-state index < -0.39 is 16.1 Å². The Labute approximate surface area is 660 Å². The molecule has 41 heteroatoms. The van der Waals surface area contributed by atoms with Gasteiger partial charge in [-0.3, -0.25) is 27.7 Å². The summed E-state index contributed by atoms with van der Waals surface area (Å²) >= 11 is 0. The van der Waals surface area contributed by atoms with Gasteiger partial charge in [0.2, 0.25) is 11.8 Å². The third kappa shape index (κ3) is 32.0. The minimum absolute atomic E-state index is 0. The molecule has 0 unspecified atom stereocenters. The fourth-order valence-electron chi connectivity index (χ4n) is 9.38. The molecule has 14 rings (SSSR count). The van der Waals surface area contributed by atoms with Crippen molar-refractivity contribution in [2.24, 2.45) is 41.2 Å². The molecule has 0 aliphatic carbocycles. The molecule has 0 radical (unpaired) electrons. The van der Waals surface area contributed by atoms with E-state index in [2.05, 4.69) is 152 Å². The van der Waals surface area contributed by atoms with E-state index in [9.17, 15) is 23.1 Å². The van der Waals surface area contributed by atoms with E-state index in [0.717, 1.165) is 60.7 Å². The van der Waals surface area contributed by atoms with Gasteiger partial charge in [-0.15, -0.1) is 20.4 Å². The Morgan fingerprint density at radius 2 is 0.939 bits per heavy atom. The number of pyridine rings is 2. The van der Waals surface area contributed by atoms with E-state index in [1.165, 1.54) is 24.9 Å². The Kier molecular flexibility index (Phi) is 37.8. The fraction of sp³-hybridized carbons (Fsp3) is 0.425. The van der Waals surface area contributed by atoms with Gasteiger partial charge in [-0.25, -0.2) is 44.7 Å². The molecule has 612 valence electrons. The number of carbonyl (C=O) groups is 2. The van der Waals surface area contributed by atoms with E-state index in [1.54, 1.807) is 107 Å². The number of nitrogens with two attached hydrogens (primary N) is 3. The van der Waals surface area contributed by atoms with Crippen molar-refractivity contribution in [2.45, 2.75) is 150 Å². The molecule has 2 atom stereocenters. The number of imidazole rings is 2. The van der Waals surface area contributed by atoms with Gasteiger partial charge in [0, 0.05) is 111 Å². The summed E-state index contributed by atoms with van der Waals surface area (Å²) in [7, 11) is -3.22. The average Bonchev–Trinajstić information content (AvgIpc) is 1.54. The van der Waals surface area contributed by atoms with Gasteiger partial charge in [0.1, 0.15) is 40.9 Å². The molecule has 14 aromatic rings. The Balaban J connectivity index is 0.000000250. The number of anilines is 2. The standard InChI is InChI=1S/C22H21N9O2.C16H12N6O3.3C6H11N3.C5H10N4.C5H12O3S.C4H10O.C2H3N3.CH4/c1-13(11-30-7-5-26-29-30)9-16(32)19-21(23)28-20(22-24-6-8-33-22)18(27-19)15-3-4-17-25-10-14(2)31(17)12-15;1-8-6-19-10-3-2-9(7-22(8)10)11-12(15-18-4-5-25-15)21-14(17)13(20-11)16(23)24;2*1-6(2)5-9-4-3-7-8-9;1-6(2)5-9-7-3-4-8-9;1-5(6)4-9-3-2-7-8-9;1-5(2)4-8-9(3,6)7;1-4(2)3-5;1-2-4-5-3-1;/h3-8,10,12-13H,9,11H2,1-2H3,(H2,23,28);2-7H,1H3,(H2,17,21)(H,23,24);3*3-4,6H,5H2,1-2H3;2-3,5H,4,6H2,1H3;5H,4H2,1-3H3;4-5H,3H2,1-2H3;1-2H,(H,3,4,5);1H4/t13-;;;;;5-;;;;/m1....0..../s1. The van der Waals surface area contributed by atoms with Crippen LogP contribution in [0.3, 0.4) is 0 Å². The zero-order valence-corrected chi connectivity index (χ0v) is 66.8. The largest absolute Gasteiger partial charge is 0.476 e. The summed E-state index contributed by atoms with van der Waals surface area (Å²) < 4.78 is 46.7. The number of aryl methyl sites for hydroxylation is 2. The summed E-state index contributed by atoms with van der Waals surface area (Å²) in [6.07, 6.45) is 34.8. The molecule has 0 amide bonds. The highest BCUT2D eigenvalue weighted by atomic mass is 32.2. The lowest BCUT2D eigenvalue weighted by molar-refractivity contribution is 0.0691. The maximum atomic E-state index is 13.1. The van der Waals surface area contributed by atoms with Crippen LogP contribution in [0.25, 0.3) is 57.0 Å². The maximum Gasteiger partial charge on any atom is 0.358 e. The molecule has 9 N–H and O–H groups in total. The van der Waals surface area contributed by atoms with Crippen LogP contribution in [0.15, 0.2) is 157 Å². The number of hydrogen-bond donors (Lipinski definition) is 6. The van der Waals surface area contributed by atoms with Gasteiger partial charge < -0.3 is 45.0 Å². The van der Waals surface area contributed by atoms with Crippen LogP contribution in [0.5, 0.6) is 0 Å². The first-order valence-corrected chi connectivity index (χ1v) is 37.7. The minimum Gasteiger partial charge on any atom is -0.476 e. The molecule has 0 aliphatic rings. The number of carbonyl (C=O) groups excluding carboxylic acids is 1.